The number of nitrogens with one attached hydrogen (secondary N) is 1. The lowest BCUT2D eigenvalue weighted by molar-refractivity contribution is 0.246. The number of rotatable bonds is 3. The van der Waals surface area contributed by atoms with E-state index in [0.717, 1.165) is 6.42 Å². The van der Waals surface area contributed by atoms with E-state index in [-0.39, 0.29) is 12.6 Å². The van der Waals surface area contributed by atoms with Crippen molar-refractivity contribution in [3.8, 4) is 0 Å². The molecule has 0 aliphatic rings. The SMILES string of the molecule is CC(C)CC([NH])CO. The van der Waals surface area contributed by atoms with Gasteiger partial charge < -0.3 is 5.11 Å². The van der Waals surface area contributed by atoms with Gasteiger partial charge in [-0.25, -0.2) is 0 Å². The summed E-state index contributed by atoms with van der Waals surface area (Å²) in [6, 6.07) is -0.269. The van der Waals surface area contributed by atoms with Gasteiger partial charge in [-0.2, -0.15) is 0 Å². The maximum absolute atomic E-state index is 8.40. The Morgan fingerprint density at radius 1 is 1.50 bits per heavy atom. The van der Waals surface area contributed by atoms with Crippen LogP contribution in [0.2, 0.25) is 0 Å². The van der Waals surface area contributed by atoms with Crippen molar-refractivity contribution in [1.29, 1.82) is 0 Å². The molecule has 2 nitrogen and oxygen atoms in total. The molecule has 0 fully saturated rings. The van der Waals surface area contributed by atoms with Crippen LogP contribution in [-0.2, 0) is 0 Å². The Morgan fingerprint density at radius 3 is 2.12 bits per heavy atom. The van der Waals surface area contributed by atoms with Gasteiger partial charge in [0.15, 0.2) is 0 Å². The minimum Gasteiger partial charge on any atom is -0.395 e. The molecular formula is C6H14NO. The molecule has 0 heterocycles. The summed E-state index contributed by atoms with van der Waals surface area (Å²) in [5, 5.41) is 8.40. The smallest absolute Gasteiger partial charge is 0.0598 e. The zero-order valence-electron chi connectivity index (χ0n) is 5.52. The Hall–Kier alpha value is -0.0800. The van der Waals surface area contributed by atoms with Gasteiger partial charge in [-0.05, 0) is 12.3 Å². The molecule has 2 N–H and O–H groups in total. The molecule has 1 unspecified atom stereocenters. The van der Waals surface area contributed by atoms with Crippen molar-refractivity contribution in [2.45, 2.75) is 26.3 Å². The predicted octanol–water partition coefficient (Wildman–Crippen LogP) is 0.676. The fourth-order valence-electron chi connectivity index (χ4n) is 0.644. The van der Waals surface area contributed by atoms with E-state index >= 15 is 0 Å². The van der Waals surface area contributed by atoms with Crippen LogP contribution >= 0.6 is 0 Å². The molecule has 0 bridgehead atoms. The summed E-state index contributed by atoms with van der Waals surface area (Å²) in [7, 11) is 0. The summed E-state index contributed by atoms with van der Waals surface area (Å²) >= 11 is 0. The molecule has 0 aromatic carbocycles. The highest BCUT2D eigenvalue weighted by molar-refractivity contribution is 4.59. The minimum absolute atomic E-state index is 0.00181. The molecule has 0 rings (SSSR count). The summed E-state index contributed by atoms with van der Waals surface area (Å²) in [4.78, 5) is 0. The third-order valence-corrected chi connectivity index (χ3v) is 0.976. The van der Waals surface area contributed by atoms with Crippen molar-refractivity contribution >= 4 is 0 Å². The van der Waals surface area contributed by atoms with Crippen molar-refractivity contribution in [1.82, 2.24) is 5.73 Å². The van der Waals surface area contributed by atoms with E-state index in [0.29, 0.717) is 5.92 Å². The lowest BCUT2D eigenvalue weighted by atomic mass is 10.1. The van der Waals surface area contributed by atoms with Crippen molar-refractivity contribution < 1.29 is 5.11 Å². The standard InChI is InChI=1S/C6H14NO/c1-5(2)3-6(7)4-8/h5-8H,3-4H2,1-2H3. The van der Waals surface area contributed by atoms with Gasteiger partial charge in [0.2, 0.25) is 0 Å². The third-order valence-electron chi connectivity index (χ3n) is 0.976. The van der Waals surface area contributed by atoms with Crippen LogP contribution in [-0.4, -0.2) is 17.8 Å². The summed E-state index contributed by atoms with van der Waals surface area (Å²) in [6.07, 6.45) is 0.802. The summed E-state index contributed by atoms with van der Waals surface area (Å²) in [5.41, 5.74) is 7.10. The fraction of sp³-hybridized carbons (Fsp3) is 1.00. The average Bonchev–Trinajstić information content (AvgIpc) is 1.65. The number of hydrogen-bond donors (Lipinski definition) is 1. The molecule has 0 aromatic heterocycles. The maximum Gasteiger partial charge on any atom is 0.0598 e. The maximum atomic E-state index is 8.40. The van der Waals surface area contributed by atoms with Crippen LogP contribution in [0.3, 0.4) is 0 Å². The van der Waals surface area contributed by atoms with E-state index in [1.807, 2.05) is 0 Å². The van der Waals surface area contributed by atoms with Gasteiger partial charge in [-0.15, -0.1) is 0 Å². The molecule has 0 aromatic rings. The van der Waals surface area contributed by atoms with Crippen LogP contribution in [0.25, 0.3) is 0 Å². The van der Waals surface area contributed by atoms with Crippen LogP contribution in [0.15, 0.2) is 0 Å². The Bertz CT molecular complexity index is 54.5. The van der Waals surface area contributed by atoms with Crippen molar-refractivity contribution in [3.05, 3.63) is 0 Å². The van der Waals surface area contributed by atoms with Gasteiger partial charge in [0.1, 0.15) is 0 Å². The van der Waals surface area contributed by atoms with Crippen LogP contribution in [0.4, 0.5) is 0 Å². The van der Waals surface area contributed by atoms with Crippen molar-refractivity contribution in [2.24, 2.45) is 5.92 Å². The molecule has 0 saturated carbocycles. The Labute approximate surface area is 50.7 Å². The zero-order valence-corrected chi connectivity index (χ0v) is 5.52. The Morgan fingerprint density at radius 2 is 2.00 bits per heavy atom. The monoisotopic (exact) mass is 116 g/mol. The molecule has 0 amide bonds. The van der Waals surface area contributed by atoms with Gasteiger partial charge in [0.05, 0.1) is 6.61 Å². The van der Waals surface area contributed by atoms with E-state index in [4.69, 9.17) is 10.8 Å². The molecule has 0 spiro atoms. The first-order valence-electron chi connectivity index (χ1n) is 2.98. The number of aliphatic hydroxyl groups excluding tert-OH is 1. The normalized spacial score (nSPS) is 14.6. The molecule has 0 saturated heterocycles. The zero-order chi connectivity index (χ0) is 6.57. The first-order valence-corrected chi connectivity index (χ1v) is 2.98. The molecule has 0 aliphatic carbocycles. The van der Waals surface area contributed by atoms with Gasteiger partial charge >= 0.3 is 0 Å². The highest BCUT2D eigenvalue weighted by Gasteiger charge is 2.02. The quantitative estimate of drug-likeness (QED) is 0.579. The van der Waals surface area contributed by atoms with Crippen LogP contribution < -0.4 is 5.73 Å². The van der Waals surface area contributed by atoms with Gasteiger partial charge in [0, 0.05) is 6.04 Å². The Balaban J connectivity index is 3.10. The first-order chi connectivity index (χ1) is 3.66. The van der Waals surface area contributed by atoms with Crippen molar-refractivity contribution in [2.75, 3.05) is 6.61 Å². The van der Waals surface area contributed by atoms with Gasteiger partial charge in [-0.3, -0.25) is 5.73 Å². The highest BCUT2D eigenvalue weighted by atomic mass is 16.3. The molecule has 0 aliphatic heterocycles. The van der Waals surface area contributed by atoms with E-state index in [1.54, 1.807) is 0 Å². The molecule has 8 heavy (non-hydrogen) atoms. The van der Waals surface area contributed by atoms with Crippen LogP contribution in [0.1, 0.15) is 20.3 Å². The molecule has 49 valence electrons. The van der Waals surface area contributed by atoms with Gasteiger partial charge in [0.25, 0.3) is 0 Å². The topological polar surface area (TPSA) is 44.0 Å². The van der Waals surface area contributed by atoms with Gasteiger partial charge in [-0.1, -0.05) is 13.8 Å². The second kappa shape index (κ2) is 3.87. The van der Waals surface area contributed by atoms with Crippen LogP contribution in [0, 0.1) is 5.92 Å². The van der Waals surface area contributed by atoms with Crippen molar-refractivity contribution in [3.63, 3.8) is 0 Å². The molecule has 1 atom stereocenters. The lowest BCUT2D eigenvalue weighted by Crippen LogP contribution is -2.16. The molecule has 1 radical (unpaired) electrons. The second-order valence-electron chi connectivity index (χ2n) is 2.51. The first kappa shape index (κ1) is 7.92. The number of hydrogen-bond acceptors (Lipinski definition) is 1. The highest BCUT2D eigenvalue weighted by Crippen LogP contribution is 2.01. The molecular weight excluding hydrogens is 102 g/mol. The summed E-state index contributed by atoms with van der Waals surface area (Å²) in [5.74, 6) is 0.532. The molecule has 2 heteroatoms. The second-order valence-corrected chi connectivity index (χ2v) is 2.51. The predicted molar refractivity (Wildman–Crippen MR) is 33.4 cm³/mol. The average molecular weight is 116 g/mol. The van der Waals surface area contributed by atoms with E-state index in [2.05, 4.69) is 13.8 Å². The van der Waals surface area contributed by atoms with E-state index in [9.17, 15) is 0 Å². The lowest BCUT2D eigenvalue weighted by Gasteiger charge is -2.08. The van der Waals surface area contributed by atoms with E-state index in [1.165, 1.54) is 0 Å². The van der Waals surface area contributed by atoms with Crippen LogP contribution in [0.5, 0.6) is 0 Å². The largest absolute Gasteiger partial charge is 0.395 e. The minimum atomic E-state index is -0.269. The fourth-order valence-corrected chi connectivity index (χ4v) is 0.644. The third kappa shape index (κ3) is 4.09. The number of aliphatic hydroxyl groups is 1. The summed E-state index contributed by atoms with van der Waals surface area (Å²) < 4.78 is 0. The summed E-state index contributed by atoms with van der Waals surface area (Å²) in [6.45, 7) is 4.10. The Kier molecular flexibility index (Phi) is 3.83. The van der Waals surface area contributed by atoms with E-state index < -0.39 is 0 Å².